The number of rotatable bonds is 5. The van der Waals surface area contributed by atoms with Gasteiger partial charge in [0.05, 0.1) is 26.3 Å². The van der Waals surface area contributed by atoms with Gasteiger partial charge in [-0.1, -0.05) is 25.0 Å². The Morgan fingerprint density at radius 3 is 2.33 bits per heavy atom. The van der Waals surface area contributed by atoms with Gasteiger partial charge in [-0.05, 0) is 24.3 Å². The normalized spacial score (nSPS) is 11.4. The molecule has 1 unspecified atom stereocenters. The number of carbonyl (C=O) groups is 2. The number of hydrogen-bond donors (Lipinski definition) is 2. The van der Waals surface area contributed by atoms with Crippen LogP contribution in [0, 0.1) is 5.92 Å². The molecule has 6 nitrogen and oxygen atoms in total. The van der Waals surface area contributed by atoms with Gasteiger partial charge in [0.25, 0.3) is 0 Å². The number of nitrogens with zero attached hydrogens (tertiary/aromatic N) is 1. The first-order chi connectivity index (χ1) is 9.90. The molecule has 0 bridgehead atoms. The van der Waals surface area contributed by atoms with Gasteiger partial charge in [0.15, 0.2) is 0 Å². The standard InChI is InChI=1S/C13H16N2O4S2/c1-18-11(16)7-10(13(17)19-2)12(20)15(21)9-5-3-8(14)4-6-9/h3-6,10,21H,7,14H2,1-2H3. The number of esters is 2. The molecule has 114 valence electrons. The number of carbonyl (C=O) groups excluding carboxylic acids is 2. The summed E-state index contributed by atoms with van der Waals surface area (Å²) < 4.78 is 10.6. The quantitative estimate of drug-likeness (QED) is 0.368. The number of hydrogen-bond acceptors (Lipinski definition) is 7. The molecule has 0 amide bonds. The maximum Gasteiger partial charge on any atom is 0.316 e. The van der Waals surface area contributed by atoms with Gasteiger partial charge in [0, 0.05) is 5.69 Å². The molecule has 1 aromatic rings. The zero-order valence-corrected chi connectivity index (χ0v) is 13.3. The van der Waals surface area contributed by atoms with Gasteiger partial charge in [0.2, 0.25) is 0 Å². The summed E-state index contributed by atoms with van der Waals surface area (Å²) in [4.78, 5) is 23.3. The van der Waals surface area contributed by atoms with E-state index < -0.39 is 17.9 Å². The topological polar surface area (TPSA) is 81.9 Å². The minimum atomic E-state index is -0.951. The summed E-state index contributed by atoms with van der Waals surface area (Å²) >= 11 is 9.50. The lowest BCUT2D eigenvalue weighted by molar-refractivity contribution is -0.149. The molecule has 0 fully saturated rings. The Morgan fingerprint density at radius 1 is 1.29 bits per heavy atom. The van der Waals surface area contributed by atoms with E-state index in [2.05, 4.69) is 22.3 Å². The largest absolute Gasteiger partial charge is 0.469 e. The van der Waals surface area contributed by atoms with Crippen LogP contribution in [0.2, 0.25) is 0 Å². The maximum absolute atomic E-state index is 11.8. The zero-order chi connectivity index (χ0) is 16.0. The van der Waals surface area contributed by atoms with Crippen LogP contribution in [0.15, 0.2) is 24.3 Å². The average Bonchev–Trinajstić information content (AvgIpc) is 2.50. The molecule has 1 atom stereocenters. The molecule has 0 saturated carbocycles. The van der Waals surface area contributed by atoms with Crippen molar-refractivity contribution in [3.05, 3.63) is 24.3 Å². The Balaban J connectivity index is 2.95. The lowest BCUT2D eigenvalue weighted by atomic mass is 10.1. The van der Waals surface area contributed by atoms with Crippen molar-refractivity contribution in [3.8, 4) is 0 Å². The van der Waals surface area contributed by atoms with Gasteiger partial charge in [0.1, 0.15) is 10.9 Å². The highest BCUT2D eigenvalue weighted by molar-refractivity contribution is 7.87. The molecule has 0 aliphatic heterocycles. The lowest BCUT2D eigenvalue weighted by Crippen LogP contribution is -2.35. The summed E-state index contributed by atoms with van der Waals surface area (Å²) in [5.74, 6) is -2.14. The van der Waals surface area contributed by atoms with Crippen LogP contribution in [-0.4, -0.2) is 31.1 Å². The molecule has 8 heteroatoms. The molecule has 1 rings (SSSR count). The Morgan fingerprint density at radius 2 is 1.86 bits per heavy atom. The SMILES string of the molecule is COC(=O)CC(C(=O)OC)C(=S)N(S)c1ccc(N)cc1. The van der Waals surface area contributed by atoms with Crippen molar-refractivity contribution in [2.24, 2.45) is 5.92 Å². The molecule has 0 heterocycles. The van der Waals surface area contributed by atoms with Gasteiger partial charge in [-0.15, -0.1) is 0 Å². The molecule has 0 aliphatic rings. The number of anilines is 2. The van der Waals surface area contributed by atoms with E-state index in [4.69, 9.17) is 18.0 Å². The first-order valence-corrected chi connectivity index (χ1v) is 6.74. The van der Waals surface area contributed by atoms with E-state index in [0.29, 0.717) is 11.4 Å². The van der Waals surface area contributed by atoms with Crippen LogP contribution in [0.4, 0.5) is 11.4 Å². The third-order valence-corrected chi connectivity index (χ3v) is 3.78. The van der Waals surface area contributed by atoms with Crippen molar-refractivity contribution in [1.29, 1.82) is 0 Å². The van der Waals surface area contributed by atoms with E-state index in [9.17, 15) is 9.59 Å². The van der Waals surface area contributed by atoms with E-state index in [0.717, 1.165) is 0 Å². The number of benzene rings is 1. The van der Waals surface area contributed by atoms with Crippen LogP contribution < -0.4 is 10.0 Å². The highest BCUT2D eigenvalue weighted by Crippen LogP contribution is 2.23. The fourth-order valence-electron chi connectivity index (χ4n) is 1.55. The van der Waals surface area contributed by atoms with Gasteiger partial charge in [-0.3, -0.25) is 13.9 Å². The summed E-state index contributed by atoms with van der Waals surface area (Å²) in [6.45, 7) is 0. The van der Waals surface area contributed by atoms with E-state index in [1.54, 1.807) is 24.3 Å². The third kappa shape index (κ3) is 4.61. The second-order valence-corrected chi connectivity index (χ2v) is 4.92. The molecule has 0 aromatic heterocycles. The Bertz CT molecular complexity index is 533. The van der Waals surface area contributed by atoms with E-state index in [1.807, 2.05) is 0 Å². The first kappa shape index (κ1) is 17.3. The second-order valence-electron chi connectivity index (χ2n) is 4.10. The number of thiol groups is 1. The van der Waals surface area contributed by atoms with E-state index in [-0.39, 0.29) is 11.4 Å². The zero-order valence-electron chi connectivity index (χ0n) is 11.6. The van der Waals surface area contributed by atoms with Crippen molar-refractivity contribution in [2.45, 2.75) is 6.42 Å². The molecular weight excluding hydrogens is 312 g/mol. The predicted octanol–water partition coefficient (Wildman–Crippen LogP) is 1.60. The highest BCUT2D eigenvalue weighted by atomic mass is 32.1. The van der Waals surface area contributed by atoms with Crippen LogP contribution in [0.1, 0.15) is 6.42 Å². The summed E-state index contributed by atoms with van der Waals surface area (Å²) in [6, 6.07) is 6.74. The smallest absolute Gasteiger partial charge is 0.316 e. The van der Waals surface area contributed by atoms with Crippen LogP contribution in [-0.2, 0) is 19.1 Å². The molecule has 0 saturated heterocycles. The van der Waals surface area contributed by atoms with Crippen LogP contribution >= 0.6 is 25.0 Å². The molecule has 0 spiro atoms. The number of methoxy groups -OCH3 is 2. The second kappa shape index (κ2) is 7.84. The Kier molecular flexibility index (Phi) is 6.44. The van der Waals surface area contributed by atoms with Crippen molar-refractivity contribution >= 4 is 53.3 Å². The van der Waals surface area contributed by atoms with Crippen molar-refractivity contribution in [1.82, 2.24) is 0 Å². The molecule has 2 N–H and O–H groups in total. The van der Waals surface area contributed by atoms with Crippen LogP contribution in [0.3, 0.4) is 0 Å². The predicted molar refractivity (Wildman–Crippen MR) is 87.1 cm³/mol. The molecule has 0 radical (unpaired) electrons. The fraction of sp³-hybridized carbons (Fsp3) is 0.308. The van der Waals surface area contributed by atoms with Gasteiger partial charge in [-0.2, -0.15) is 0 Å². The number of nitrogens with two attached hydrogens (primary N) is 1. The van der Waals surface area contributed by atoms with Crippen LogP contribution in [0.25, 0.3) is 0 Å². The van der Waals surface area contributed by atoms with Gasteiger partial charge in [-0.25, -0.2) is 0 Å². The summed E-state index contributed by atoms with van der Waals surface area (Å²) in [5, 5.41) is 0. The van der Waals surface area contributed by atoms with Crippen LogP contribution in [0.5, 0.6) is 0 Å². The fourth-order valence-corrected chi connectivity index (χ4v) is 2.11. The van der Waals surface area contributed by atoms with Gasteiger partial charge < -0.3 is 15.2 Å². The highest BCUT2D eigenvalue weighted by Gasteiger charge is 2.30. The maximum atomic E-state index is 11.8. The molecule has 0 aliphatic carbocycles. The number of nitrogen functional groups attached to an aromatic ring is 1. The van der Waals surface area contributed by atoms with Crippen molar-refractivity contribution in [3.63, 3.8) is 0 Å². The van der Waals surface area contributed by atoms with Crippen molar-refractivity contribution < 1.29 is 19.1 Å². The minimum absolute atomic E-state index is 0.139. The van der Waals surface area contributed by atoms with E-state index >= 15 is 0 Å². The molecule has 1 aromatic carbocycles. The molecular formula is C13H16N2O4S2. The summed E-state index contributed by atoms with van der Waals surface area (Å²) in [5.41, 5.74) is 6.81. The number of thiocarbonyl (C=S) groups is 1. The third-order valence-electron chi connectivity index (χ3n) is 2.73. The Hall–Kier alpha value is -1.80. The summed E-state index contributed by atoms with van der Waals surface area (Å²) in [6.07, 6.45) is -0.214. The summed E-state index contributed by atoms with van der Waals surface area (Å²) in [7, 11) is 2.46. The monoisotopic (exact) mass is 328 g/mol. The number of ether oxygens (including phenoxy) is 2. The first-order valence-electron chi connectivity index (χ1n) is 5.93. The molecule has 21 heavy (non-hydrogen) atoms. The van der Waals surface area contributed by atoms with Crippen molar-refractivity contribution in [2.75, 3.05) is 24.3 Å². The Labute approximate surface area is 133 Å². The van der Waals surface area contributed by atoms with Gasteiger partial charge >= 0.3 is 11.9 Å². The van der Waals surface area contributed by atoms with E-state index in [1.165, 1.54) is 18.5 Å². The average molecular weight is 328 g/mol. The minimum Gasteiger partial charge on any atom is -0.469 e. The lowest BCUT2D eigenvalue weighted by Gasteiger charge is -2.23.